The summed E-state index contributed by atoms with van der Waals surface area (Å²) in [5, 5.41) is 0. The second-order valence-electron chi connectivity index (χ2n) is 5.50. The molecular formula is C15H21NO4S2. The fourth-order valence-corrected chi connectivity index (χ4v) is 2.53. The maximum absolute atomic E-state index is 11.9. The van der Waals surface area contributed by atoms with Gasteiger partial charge in [0.15, 0.2) is 0 Å². The van der Waals surface area contributed by atoms with Gasteiger partial charge in [0, 0.05) is 10.6 Å². The highest BCUT2D eigenvalue weighted by molar-refractivity contribution is 7.97. The molecule has 1 rings (SSSR count). The Bertz CT molecular complexity index is 511. The van der Waals surface area contributed by atoms with Gasteiger partial charge in [0.1, 0.15) is 11.6 Å². The van der Waals surface area contributed by atoms with Gasteiger partial charge >= 0.3 is 11.9 Å². The maximum Gasteiger partial charge on any atom is 0.338 e. The molecule has 1 aromatic carbocycles. The topological polar surface area (TPSA) is 64.6 Å². The van der Waals surface area contributed by atoms with Gasteiger partial charge in [-0.2, -0.15) is 12.6 Å². The molecule has 0 saturated carbocycles. The van der Waals surface area contributed by atoms with Crippen molar-refractivity contribution in [2.75, 3.05) is 12.9 Å². The summed E-state index contributed by atoms with van der Waals surface area (Å²) in [6.45, 7) is 5.47. The van der Waals surface area contributed by atoms with Gasteiger partial charge in [-0.25, -0.2) is 9.52 Å². The van der Waals surface area contributed by atoms with Crippen molar-refractivity contribution in [3.8, 4) is 0 Å². The molecule has 0 aliphatic carbocycles. The first kappa shape index (κ1) is 18.9. The third-order valence-corrected chi connectivity index (χ3v) is 3.75. The number of nitrogens with one attached hydrogen (secondary N) is 1. The smallest absolute Gasteiger partial charge is 0.338 e. The molecular weight excluding hydrogens is 322 g/mol. The second kappa shape index (κ2) is 8.45. The van der Waals surface area contributed by atoms with Crippen LogP contribution in [0.3, 0.4) is 0 Å². The molecule has 7 heteroatoms. The summed E-state index contributed by atoms with van der Waals surface area (Å²) in [6.07, 6.45) is 0. The van der Waals surface area contributed by atoms with Gasteiger partial charge in [0.25, 0.3) is 0 Å². The lowest BCUT2D eigenvalue weighted by molar-refractivity contribution is -0.141. The Kier molecular flexibility index (Phi) is 7.25. The molecule has 0 unspecified atom stereocenters. The van der Waals surface area contributed by atoms with E-state index in [9.17, 15) is 9.59 Å². The average Bonchev–Trinajstić information content (AvgIpc) is 2.46. The molecule has 0 bridgehead atoms. The molecule has 0 fully saturated rings. The summed E-state index contributed by atoms with van der Waals surface area (Å²) in [4.78, 5) is 24.2. The standard InChI is InChI=1S/C15H21NO4S2/c1-15(2,3)20-13(17)10-5-7-11(8-6-10)22-16-12(9-21)14(18)19-4/h5-8,12,16,21H,9H2,1-4H3/t12-/m0/s1. The van der Waals surface area contributed by atoms with Crippen molar-refractivity contribution in [1.29, 1.82) is 0 Å². The third kappa shape index (κ3) is 6.29. The lowest BCUT2D eigenvalue weighted by Crippen LogP contribution is -2.35. The van der Waals surface area contributed by atoms with Crippen LogP contribution in [0.4, 0.5) is 0 Å². The van der Waals surface area contributed by atoms with Gasteiger partial charge in [-0.3, -0.25) is 4.79 Å². The zero-order chi connectivity index (χ0) is 16.8. The SMILES string of the molecule is COC(=O)[C@H](CS)NSc1ccc(C(=O)OC(C)(C)C)cc1. The van der Waals surface area contributed by atoms with Crippen molar-refractivity contribution in [2.45, 2.75) is 37.3 Å². The van der Waals surface area contributed by atoms with Crippen LogP contribution in [0.2, 0.25) is 0 Å². The molecule has 1 aromatic rings. The largest absolute Gasteiger partial charge is 0.468 e. The quantitative estimate of drug-likeness (QED) is 0.470. The normalized spacial score (nSPS) is 12.6. The number of benzene rings is 1. The van der Waals surface area contributed by atoms with Gasteiger partial charge in [0.2, 0.25) is 0 Å². The molecule has 122 valence electrons. The van der Waals surface area contributed by atoms with Crippen molar-refractivity contribution < 1.29 is 19.1 Å². The molecule has 0 aliphatic rings. The number of ether oxygens (including phenoxy) is 2. The van der Waals surface area contributed by atoms with E-state index in [1.807, 2.05) is 20.8 Å². The van der Waals surface area contributed by atoms with Crippen molar-refractivity contribution in [2.24, 2.45) is 0 Å². The highest BCUT2D eigenvalue weighted by atomic mass is 32.2. The van der Waals surface area contributed by atoms with Crippen molar-refractivity contribution in [1.82, 2.24) is 4.72 Å². The summed E-state index contributed by atoms with van der Waals surface area (Å²) < 4.78 is 12.9. The Morgan fingerprint density at radius 3 is 2.32 bits per heavy atom. The van der Waals surface area contributed by atoms with E-state index in [4.69, 9.17) is 4.74 Å². The van der Waals surface area contributed by atoms with Gasteiger partial charge in [0.05, 0.1) is 12.7 Å². The van der Waals surface area contributed by atoms with Crippen molar-refractivity contribution in [3.63, 3.8) is 0 Å². The van der Waals surface area contributed by atoms with E-state index in [0.29, 0.717) is 11.3 Å². The molecule has 22 heavy (non-hydrogen) atoms. The molecule has 0 aromatic heterocycles. The number of thiol groups is 1. The molecule has 1 N–H and O–H groups in total. The minimum Gasteiger partial charge on any atom is -0.468 e. The van der Waals surface area contributed by atoms with Crippen LogP contribution in [0, 0.1) is 0 Å². The number of hydrogen-bond donors (Lipinski definition) is 2. The molecule has 0 radical (unpaired) electrons. The first-order valence-electron chi connectivity index (χ1n) is 6.71. The maximum atomic E-state index is 11.9. The Hall–Kier alpha value is -1.18. The fourth-order valence-electron chi connectivity index (χ4n) is 1.44. The highest BCUT2D eigenvalue weighted by Crippen LogP contribution is 2.18. The average molecular weight is 343 g/mol. The van der Waals surface area contributed by atoms with Crippen LogP contribution < -0.4 is 4.72 Å². The zero-order valence-corrected chi connectivity index (χ0v) is 14.8. The molecule has 1 atom stereocenters. The Balaban J connectivity index is 2.62. The summed E-state index contributed by atoms with van der Waals surface area (Å²) in [6, 6.07) is 6.44. The van der Waals surface area contributed by atoms with Gasteiger partial charge in [-0.05, 0) is 57.0 Å². The van der Waals surface area contributed by atoms with E-state index in [1.54, 1.807) is 24.3 Å². The Labute approximate surface area is 140 Å². The number of carbonyl (C=O) groups is 2. The van der Waals surface area contributed by atoms with Gasteiger partial charge < -0.3 is 9.47 Å². The van der Waals surface area contributed by atoms with E-state index in [1.165, 1.54) is 19.1 Å². The second-order valence-corrected chi connectivity index (χ2v) is 6.78. The molecule has 0 heterocycles. The predicted molar refractivity (Wildman–Crippen MR) is 90.3 cm³/mol. The van der Waals surface area contributed by atoms with E-state index >= 15 is 0 Å². The van der Waals surface area contributed by atoms with Crippen LogP contribution >= 0.6 is 24.6 Å². The highest BCUT2D eigenvalue weighted by Gasteiger charge is 2.19. The van der Waals surface area contributed by atoms with Crippen LogP contribution in [-0.2, 0) is 14.3 Å². The molecule has 0 spiro atoms. The number of esters is 2. The lowest BCUT2D eigenvalue weighted by Gasteiger charge is -2.19. The Morgan fingerprint density at radius 1 is 1.27 bits per heavy atom. The van der Waals surface area contributed by atoms with E-state index in [-0.39, 0.29) is 11.9 Å². The van der Waals surface area contributed by atoms with Crippen LogP contribution in [-0.4, -0.2) is 36.4 Å². The lowest BCUT2D eigenvalue weighted by atomic mass is 10.2. The first-order valence-corrected chi connectivity index (χ1v) is 8.16. The minimum atomic E-state index is -0.521. The number of methoxy groups -OCH3 is 1. The number of hydrogen-bond acceptors (Lipinski definition) is 7. The number of carbonyl (C=O) groups excluding carboxylic acids is 2. The molecule has 0 aliphatic heterocycles. The van der Waals surface area contributed by atoms with Crippen LogP contribution in [0.5, 0.6) is 0 Å². The minimum absolute atomic E-state index is 0.329. The summed E-state index contributed by atoms with van der Waals surface area (Å²) in [7, 11) is 1.33. The fraction of sp³-hybridized carbons (Fsp3) is 0.467. The van der Waals surface area contributed by atoms with Crippen molar-refractivity contribution >= 4 is 36.5 Å². The van der Waals surface area contributed by atoms with Crippen molar-refractivity contribution in [3.05, 3.63) is 29.8 Å². The van der Waals surface area contributed by atoms with Crippen LogP contribution in [0.15, 0.2) is 29.2 Å². The van der Waals surface area contributed by atoms with Gasteiger partial charge in [-0.1, -0.05) is 0 Å². The third-order valence-electron chi connectivity index (χ3n) is 2.48. The summed E-state index contributed by atoms with van der Waals surface area (Å²) in [5.74, 6) is -0.400. The van der Waals surface area contributed by atoms with Gasteiger partial charge in [-0.15, -0.1) is 0 Å². The monoisotopic (exact) mass is 343 g/mol. The summed E-state index contributed by atoms with van der Waals surface area (Å²) >= 11 is 5.38. The first-order chi connectivity index (χ1) is 10.3. The molecule has 0 saturated heterocycles. The van der Waals surface area contributed by atoms with Crippen LogP contribution in [0.25, 0.3) is 0 Å². The molecule has 0 amide bonds. The van der Waals surface area contributed by atoms with E-state index in [0.717, 1.165) is 4.90 Å². The predicted octanol–water partition coefficient (Wildman–Crippen LogP) is 2.71. The summed E-state index contributed by atoms with van der Waals surface area (Å²) in [5.41, 5.74) is -0.0372. The van der Waals surface area contributed by atoms with E-state index in [2.05, 4.69) is 22.1 Å². The van der Waals surface area contributed by atoms with Crippen LogP contribution in [0.1, 0.15) is 31.1 Å². The van der Waals surface area contributed by atoms with E-state index < -0.39 is 11.6 Å². The Morgan fingerprint density at radius 2 is 1.86 bits per heavy atom. The zero-order valence-electron chi connectivity index (χ0n) is 13.1. The number of rotatable bonds is 6. The molecule has 5 nitrogen and oxygen atoms in total.